The van der Waals surface area contributed by atoms with Gasteiger partial charge in [-0.1, -0.05) is 0 Å². The molecule has 0 aliphatic carbocycles. The van der Waals surface area contributed by atoms with Crippen molar-refractivity contribution in [3.05, 3.63) is 0 Å². The van der Waals surface area contributed by atoms with Crippen LogP contribution in [0.4, 0.5) is 0 Å². The highest BCUT2D eigenvalue weighted by molar-refractivity contribution is 5.65. The highest BCUT2D eigenvalue weighted by atomic mass is 16.5. The fourth-order valence-electron chi connectivity index (χ4n) is 0.575. The third-order valence-electron chi connectivity index (χ3n) is 1.61. The second-order valence-corrected chi connectivity index (χ2v) is 3.36. The summed E-state index contributed by atoms with van der Waals surface area (Å²) in [4.78, 5) is 9.82. The molecule has 0 heterocycles. The smallest absolute Gasteiger partial charge is 0.302 e. The first-order valence-corrected chi connectivity index (χ1v) is 4.69. The second kappa shape index (κ2) is 8.97. The van der Waals surface area contributed by atoms with E-state index >= 15 is 0 Å². The van der Waals surface area contributed by atoms with Gasteiger partial charge in [0.25, 0.3) is 0 Å². The number of ether oxygens (including phenoxy) is 2. The summed E-state index contributed by atoms with van der Waals surface area (Å²) < 4.78 is 9.42. The zero-order valence-corrected chi connectivity index (χ0v) is 9.79. The SMILES string of the molecule is CCOC(C)=O.COC(C)(C)CCO. The first-order chi connectivity index (χ1) is 6.39. The van der Waals surface area contributed by atoms with E-state index in [4.69, 9.17) is 9.84 Å². The minimum atomic E-state index is -0.211. The summed E-state index contributed by atoms with van der Waals surface area (Å²) in [6.07, 6.45) is 0.698. The number of aliphatic hydroxyl groups excluding tert-OH is 1. The molecular weight excluding hydrogens is 184 g/mol. The van der Waals surface area contributed by atoms with Crippen molar-refractivity contribution >= 4 is 5.97 Å². The van der Waals surface area contributed by atoms with Crippen molar-refractivity contribution < 1.29 is 19.4 Å². The predicted octanol–water partition coefficient (Wildman–Crippen LogP) is 1.36. The Bertz CT molecular complexity index is 143. The summed E-state index contributed by atoms with van der Waals surface area (Å²) in [5, 5.41) is 8.45. The third-order valence-corrected chi connectivity index (χ3v) is 1.61. The van der Waals surface area contributed by atoms with E-state index in [2.05, 4.69) is 4.74 Å². The van der Waals surface area contributed by atoms with Crippen LogP contribution in [0.25, 0.3) is 0 Å². The van der Waals surface area contributed by atoms with Crippen LogP contribution in [0.5, 0.6) is 0 Å². The molecule has 0 rings (SSSR count). The Kier molecular flexibility index (Phi) is 10.1. The Balaban J connectivity index is 0. The maximum atomic E-state index is 9.82. The van der Waals surface area contributed by atoms with Gasteiger partial charge in [0, 0.05) is 20.6 Å². The van der Waals surface area contributed by atoms with Gasteiger partial charge in [0.1, 0.15) is 0 Å². The largest absolute Gasteiger partial charge is 0.466 e. The number of hydrogen-bond donors (Lipinski definition) is 1. The topological polar surface area (TPSA) is 55.8 Å². The molecule has 0 atom stereocenters. The van der Waals surface area contributed by atoms with Gasteiger partial charge >= 0.3 is 5.97 Å². The van der Waals surface area contributed by atoms with Crippen LogP contribution in [0.1, 0.15) is 34.1 Å². The first kappa shape index (κ1) is 15.8. The van der Waals surface area contributed by atoms with Crippen LogP contribution < -0.4 is 0 Å². The number of methoxy groups -OCH3 is 1. The number of carbonyl (C=O) groups is 1. The molecule has 0 aromatic carbocycles. The maximum Gasteiger partial charge on any atom is 0.302 e. The average molecular weight is 206 g/mol. The Morgan fingerprint density at radius 1 is 1.43 bits per heavy atom. The van der Waals surface area contributed by atoms with Gasteiger partial charge in [0.15, 0.2) is 0 Å². The van der Waals surface area contributed by atoms with Crippen LogP contribution in [0, 0.1) is 0 Å². The molecule has 0 aromatic heterocycles. The lowest BCUT2D eigenvalue weighted by molar-refractivity contribution is -0.140. The van der Waals surface area contributed by atoms with Crippen molar-refractivity contribution in [2.24, 2.45) is 0 Å². The van der Waals surface area contributed by atoms with Gasteiger partial charge in [-0.25, -0.2) is 0 Å². The maximum absolute atomic E-state index is 9.82. The zero-order chi connectivity index (χ0) is 11.6. The Hall–Kier alpha value is -0.610. The standard InChI is InChI=1S/C6H14O2.C4H8O2/c1-6(2,8-3)4-5-7;1-3-6-4(2)5/h7H,4-5H2,1-3H3;3H2,1-2H3. The molecule has 0 aliphatic rings. The van der Waals surface area contributed by atoms with Crippen molar-refractivity contribution in [2.45, 2.75) is 39.7 Å². The van der Waals surface area contributed by atoms with Gasteiger partial charge in [0.05, 0.1) is 12.2 Å². The van der Waals surface area contributed by atoms with Crippen molar-refractivity contribution in [3.63, 3.8) is 0 Å². The molecule has 4 nitrogen and oxygen atoms in total. The van der Waals surface area contributed by atoms with Crippen LogP contribution in [0.3, 0.4) is 0 Å². The summed E-state index contributed by atoms with van der Waals surface area (Å²) in [6.45, 7) is 7.74. The summed E-state index contributed by atoms with van der Waals surface area (Å²) in [5.74, 6) is -0.211. The predicted molar refractivity (Wildman–Crippen MR) is 55.1 cm³/mol. The highest BCUT2D eigenvalue weighted by Crippen LogP contribution is 2.10. The van der Waals surface area contributed by atoms with E-state index in [1.54, 1.807) is 14.0 Å². The Morgan fingerprint density at radius 3 is 2.00 bits per heavy atom. The quantitative estimate of drug-likeness (QED) is 0.706. The van der Waals surface area contributed by atoms with Crippen LogP contribution in [0.15, 0.2) is 0 Å². The lowest BCUT2D eigenvalue weighted by Gasteiger charge is -2.20. The molecule has 0 spiro atoms. The summed E-state index contributed by atoms with van der Waals surface area (Å²) in [5.41, 5.74) is -0.158. The summed E-state index contributed by atoms with van der Waals surface area (Å²) >= 11 is 0. The van der Waals surface area contributed by atoms with Crippen molar-refractivity contribution in [1.29, 1.82) is 0 Å². The lowest BCUT2D eigenvalue weighted by Crippen LogP contribution is -2.23. The molecule has 0 aromatic rings. The highest BCUT2D eigenvalue weighted by Gasteiger charge is 2.13. The van der Waals surface area contributed by atoms with Crippen molar-refractivity contribution in [2.75, 3.05) is 20.3 Å². The molecule has 1 N–H and O–H groups in total. The van der Waals surface area contributed by atoms with E-state index in [0.717, 1.165) is 0 Å². The molecule has 0 radical (unpaired) electrons. The fraction of sp³-hybridized carbons (Fsp3) is 0.900. The number of rotatable bonds is 4. The molecule has 0 amide bonds. The van der Waals surface area contributed by atoms with E-state index in [1.807, 2.05) is 13.8 Å². The molecule has 0 aliphatic heterocycles. The molecule has 4 heteroatoms. The molecule has 0 unspecified atom stereocenters. The minimum Gasteiger partial charge on any atom is -0.466 e. The van der Waals surface area contributed by atoms with Crippen molar-refractivity contribution in [3.8, 4) is 0 Å². The number of aliphatic hydroxyl groups is 1. The monoisotopic (exact) mass is 206 g/mol. The Labute approximate surface area is 86.2 Å². The lowest BCUT2D eigenvalue weighted by atomic mass is 10.1. The van der Waals surface area contributed by atoms with Crippen LogP contribution in [0.2, 0.25) is 0 Å². The molecule has 0 saturated carbocycles. The number of carbonyl (C=O) groups excluding carboxylic acids is 1. The van der Waals surface area contributed by atoms with Crippen molar-refractivity contribution in [1.82, 2.24) is 0 Å². The van der Waals surface area contributed by atoms with E-state index in [9.17, 15) is 4.79 Å². The minimum absolute atomic E-state index is 0.158. The van der Waals surface area contributed by atoms with Gasteiger partial charge in [-0.05, 0) is 27.2 Å². The van der Waals surface area contributed by atoms with Gasteiger partial charge in [-0.15, -0.1) is 0 Å². The third kappa shape index (κ3) is 13.9. The van der Waals surface area contributed by atoms with Crippen LogP contribution >= 0.6 is 0 Å². The molecule has 86 valence electrons. The second-order valence-electron chi connectivity index (χ2n) is 3.36. The normalized spacial score (nSPS) is 10.1. The average Bonchev–Trinajstić information content (AvgIpc) is 2.05. The van der Waals surface area contributed by atoms with E-state index in [0.29, 0.717) is 13.0 Å². The Morgan fingerprint density at radius 2 is 1.93 bits per heavy atom. The van der Waals surface area contributed by atoms with Gasteiger partial charge in [0.2, 0.25) is 0 Å². The molecule has 0 saturated heterocycles. The fourth-order valence-corrected chi connectivity index (χ4v) is 0.575. The number of esters is 1. The molecule has 0 fully saturated rings. The van der Waals surface area contributed by atoms with Crippen LogP contribution in [-0.2, 0) is 14.3 Å². The number of hydrogen-bond acceptors (Lipinski definition) is 4. The van der Waals surface area contributed by atoms with E-state index in [1.165, 1.54) is 6.92 Å². The first-order valence-electron chi connectivity index (χ1n) is 4.69. The van der Waals surface area contributed by atoms with Gasteiger partial charge in [-0.3, -0.25) is 4.79 Å². The van der Waals surface area contributed by atoms with Crippen LogP contribution in [-0.4, -0.2) is 37.0 Å². The van der Waals surface area contributed by atoms with Gasteiger partial charge < -0.3 is 14.6 Å². The molecule has 14 heavy (non-hydrogen) atoms. The van der Waals surface area contributed by atoms with Gasteiger partial charge in [-0.2, -0.15) is 0 Å². The van der Waals surface area contributed by atoms with E-state index < -0.39 is 0 Å². The van der Waals surface area contributed by atoms with E-state index in [-0.39, 0.29) is 18.2 Å². The summed E-state index contributed by atoms with van der Waals surface area (Å²) in [6, 6.07) is 0. The molecule has 0 bridgehead atoms. The summed E-state index contributed by atoms with van der Waals surface area (Å²) in [7, 11) is 1.65. The molecular formula is C10H22O4. The zero-order valence-electron chi connectivity index (χ0n) is 9.79.